The normalized spacial score (nSPS) is 11.2. The first-order chi connectivity index (χ1) is 12.5. The number of pyridine rings is 1. The van der Waals surface area contributed by atoms with E-state index in [-0.39, 0.29) is 5.69 Å². The minimum Gasteiger partial charge on any atom is -0.354 e. The molecule has 3 aromatic rings. The maximum absolute atomic E-state index is 12.9. The molecule has 26 heavy (non-hydrogen) atoms. The lowest BCUT2D eigenvalue weighted by molar-refractivity contribution is -0.137. The number of benzene rings is 1. The molecular weight excluding hydrogens is 343 g/mol. The average molecular weight is 359 g/mol. The number of aromatic nitrogens is 3. The van der Waals surface area contributed by atoms with Crippen molar-refractivity contribution in [1.82, 2.24) is 15.0 Å². The fraction of sp³-hybridized carbons (Fsp3) is 0.167. The van der Waals surface area contributed by atoms with Gasteiger partial charge in [0.15, 0.2) is 0 Å². The molecule has 0 atom stereocenters. The maximum atomic E-state index is 12.9. The van der Waals surface area contributed by atoms with Crippen molar-refractivity contribution in [3.8, 4) is 11.4 Å². The predicted octanol–water partition coefficient (Wildman–Crippen LogP) is 4.73. The van der Waals surface area contributed by atoms with Crippen LogP contribution < -0.4 is 10.6 Å². The zero-order chi connectivity index (χ0) is 18.6. The van der Waals surface area contributed by atoms with Crippen molar-refractivity contribution in [1.29, 1.82) is 0 Å². The summed E-state index contributed by atoms with van der Waals surface area (Å²) in [5, 5.41) is 5.92. The smallest absolute Gasteiger partial charge is 0.354 e. The summed E-state index contributed by atoms with van der Waals surface area (Å²) in [4.78, 5) is 12.9. The van der Waals surface area contributed by atoms with Crippen molar-refractivity contribution >= 4 is 17.5 Å². The van der Waals surface area contributed by atoms with Crippen molar-refractivity contribution in [3.05, 3.63) is 60.3 Å². The number of anilines is 3. The van der Waals surface area contributed by atoms with Crippen LogP contribution in [0.4, 0.5) is 30.6 Å². The van der Waals surface area contributed by atoms with Crippen LogP contribution in [0.25, 0.3) is 11.4 Å². The van der Waals surface area contributed by atoms with Crippen molar-refractivity contribution in [2.75, 3.05) is 17.2 Å². The zero-order valence-corrected chi connectivity index (χ0v) is 13.9. The van der Waals surface area contributed by atoms with Gasteiger partial charge in [0.25, 0.3) is 0 Å². The predicted molar refractivity (Wildman–Crippen MR) is 94.2 cm³/mol. The highest BCUT2D eigenvalue weighted by Gasteiger charge is 2.30. The topological polar surface area (TPSA) is 62.7 Å². The first-order valence-electron chi connectivity index (χ1n) is 7.94. The molecule has 0 fully saturated rings. The first kappa shape index (κ1) is 17.7. The van der Waals surface area contributed by atoms with E-state index >= 15 is 0 Å². The van der Waals surface area contributed by atoms with E-state index in [4.69, 9.17) is 0 Å². The Morgan fingerprint density at radius 3 is 2.50 bits per heavy atom. The lowest BCUT2D eigenvalue weighted by Crippen LogP contribution is -2.07. The Labute approximate surface area is 148 Å². The van der Waals surface area contributed by atoms with Crippen LogP contribution in [0.15, 0.2) is 54.7 Å². The summed E-state index contributed by atoms with van der Waals surface area (Å²) in [5.41, 5.74) is 0.758. The third-order valence-corrected chi connectivity index (χ3v) is 3.45. The molecule has 0 aliphatic carbocycles. The molecule has 5 nitrogen and oxygen atoms in total. The summed E-state index contributed by atoms with van der Waals surface area (Å²) in [6, 6.07) is 12.0. The fourth-order valence-electron chi connectivity index (χ4n) is 2.32. The second-order valence-corrected chi connectivity index (χ2v) is 5.41. The van der Waals surface area contributed by atoms with E-state index in [9.17, 15) is 13.2 Å². The van der Waals surface area contributed by atoms with E-state index in [1.165, 1.54) is 6.07 Å². The van der Waals surface area contributed by atoms with E-state index in [0.29, 0.717) is 29.7 Å². The molecule has 0 aliphatic rings. The number of halogens is 3. The van der Waals surface area contributed by atoms with Crippen LogP contribution in [0.5, 0.6) is 0 Å². The van der Waals surface area contributed by atoms with Crippen LogP contribution in [-0.2, 0) is 6.18 Å². The Bertz CT molecular complexity index is 881. The second kappa shape index (κ2) is 7.38. The molecule has 0 amide bonds. The molecule has 0 radical (unpaired) electrons. The quantitative estimate of drug-likeness (QED) is 0.689. The summed E-state index contributed by atoms with van der Waals surface area (Å²) < 4.78 is 38.7. The summed E-state index contributed by atoms with van der Waals surface area (Å²) in [7, 11) is 0. The van der Waals surface area contributed by atoms with E-state index in [1.807, 2.05) is 13.0 Å². The number of hydrogen-bond donors (Lipinski definition) is 2. The number of nitrogens with zero attached hydrogens (tertiary/aromatic N) is 3. The third-order valence-electron chi connectivity index (χ3n) is 3.45. The van der Waals surface area contributed by atoms with Gasteiger partial charge < -0.3 is 10.6 Å². The van der Waals surface area contributed by atoms with Crippen LogP contribution in [0.3, 0.4) is 0 Å². The number of hydrogen-bond acceptors (Lipinski definition) is 5. The van der Waals surface area contributed by atoms with Gasteiger partial charge in [0.1, 0.15) is 5.82 Å². The van der Waals surface area contributed by atoms with Gasteiger partial charge in [0.05, 0.1) is 17.0 Å². The Kier molecular flexibility index (Phi) is 5.01. The van der Waals surface area contributed by atoms with Gasteiger partial charge in [-0.15, -0.1) is 0 Å². The van der Waals surface area contributed by atoms with Crippen molar-refractivity contribution in [3.63, 3.8) is 0 Å². The molecule has 0 bridgehead atoms. The lowest BCUT2D eigenvalue weighted by Gasteiger charge is -2.12. The lowest BCUT2D eigenvalue weighted by atomic mass is 10.2. The van der Waals surface area contributed by atoms with Gasteiger partial charge in [0, 0.05) is 24.5 Å². The Balaban J connectivity index is 1.96. The molecular formula is C18H16F3N5. The van der Waals surface area contributed by atoms with E-state index in [2.05, 4.69) is 25.6 Å². The van der Waals surface area contributed by atoms with Gasteiger partial charge in [-0.1, -0.05) is 12.1 Å². The van der Waals surface area contributed by atoms with Gasteiger partial charge in [0.2, 0.25) is 5.95 Å². The number of alkyl halides is 3. The zero-order valence-electron chi connectivity index (χ0n) is 13.9. The maximum Gasteiger partial charge on any atom is 0.416 e. The monoisotopic (exact) mass is 359 g/mol. The van der Waals surface area contributed by atoms with Crippen molar-refractivity contribution in [2.24, 2.45) is 0 Å². The summed E-state index contributed by atoms with van der Waals surface area (Å²) in [6.45, 7) is 2.51. The van der Waals surface area contributed by atoms with Crippen LogP contribution in [-0.4, -0.2) is 21.5 Å². The molecule has 2 heterocycles. The van der Waals surface area contributed by atoms with Crippen molar-refractivity contribution < 1.29 is 13.2 Å². The Morgan fingerprint density at radius 2 is 1.81 bits per heavy atom. The highest BCUT2D eigenvalue weighted by atomic mass is 19.4. The highest BCUT2D eigenvalue weighted by molar-refractivity contribution is 5.65. The van der Waals surface area contributed by atoms with Crippen LogP contribution >= 0.6 is 0 Å². The van der Waals surface area contributed by atoms with Gasteiger partial charge in [-0.2, -0.15) is 18.2 Å². The summed E-state index contributed by atoms with van der Waals surface area (Å²) >= 11 is 0. The molecule has 3 rings (SSSR count). The Hall–Kier alpha value is -3.16. The Morgan fingerprint density at radius 1 is 0.962 bits per heavy atom. The first-order valence-corrected chi connectivity index (χ1v) is 7.94. The van der Waals surface area contributed by atoms with E-state index in [1.54, 1.807) is 30.5 Å². The minimum atomic E-state index is -4.41. The summed E-state index contributed by atoms with van der Waals surface area (Å²) in [6.07, 6.45) is -2.76. The number of nitrogens with one attached hydrogen (secondary N) is 2. The van der Waals surface area contributed by atoms with Crippen LogP contribution in [0.1, 0.15) is 12.5 Å². The SMILES string of the molecule is CCNc1nc(Nc2cccc(C(F)(F)F)c2)cc(-c2ccccn2)n1. The fourth-order valence-corrected chi connectivity index (χ4v) is 2.32. The molecule has 8 heteroatoms. The minimum absolute atomic E-state index is 0.285. The van der Waals surface area contributed by atoms with E-state index < -0.39 is 11.7 Å². The molecule has 0 aliphatic heterocycles. The highest BCUT2D eigenvalue weighted by Crippen LogP contribution is 2.31. The molecule has 134 valence electrons. The van der Waals surface area contributed by atoms with Gasteiger partial charge >= 0.3 is 6.18 Å². The average Bonchev–Trinajstić information content (AvgIpc) is 2.62. The molecule has 0 unspecified atom stereocenters. The standard InChI is InChI=1S/C18H16F3N5/c1-2-22-17-25-15(14-8-3-4-9-23-14)11-16(26-17)24-13-7-5-6-12(10-13)18(19,20)21/h3-11H,2H2,1H3,(H2,22,24,25,26). The molecule has 0 saturated carbocycles. The van der Waals surface area contributed by atoms with Crippen molar-refractivity contribution in [2.45, 2.75) is 13.1 Å². The van der Waals surface area contributed by atoms with Gasteiger partial charge in [-0.25, -0.2) is 4.98 Å². The van der Waals surface area contributed by atoms with E-state index in [0.717, 1.165) is 12.1 Å². The molecule has 0 saturated heterocycles. The molecule has 2 N–H and O–H groups in total. The molecule has 0 spiro atoms. The van der Waals surface area contributed by atoms with Gasteiger partial charge in [-0.05, 0) is 37.3 Å². The molecule has 2 aromatic heterocycles. The largest absolute Gasteiger partial charge is 0.416 e. The summed E-state index contributed by atoms with van der Waals surface area (Å²) in [5.74, 6) is 0.737. The number of rotatable bonds is 5. The second-order valence-electron chi connectivity index (χ2n) is 5.41. The molecule has 1 aromatic carbocycles. The van der Waals surface area contributed by atoms with Gasteiger partial charge in [-0.3, -0.25) is 4.98 Å². The van der Waals surface area contributed by atoms with Crippen LogP contribution in [0, 0.1) is 0 Å². The third kappa shape index (κ3) is 4.27. The van der Waals surface area contributed by atoms with Crippen LogP contribution in [0.2, 0.25) is 0 Å².